The van der Waals surface area contributed by atoms with E-state index in [0.717, 1.165) is 4.57 Å². The summed E-state index contributed by atoms with van der Waals surface area (Å²) in [6.07, 6.45) is -1.000. The largest absolute Gasteiger partial charge is 0.489 e. The van der Waals surface area contributed by atoms with Crippen LogP contribution < -0.4 is 21.3 Å². The Morgan fingerprint density at radius 3 is 2.66 bits per heavy atom. The van der Waals surface area contributed by atoms with Crippen LogP contribution in [0.4, 0.5) is 5.95 Å². The molecule has 156 valence electrons. The minimum atomic E-state index is -1.000. The summed E-state index contributed by atoms with van der Waals surface area (Å²) in [4.78, 5) is 29.2. The molecule has 11 heteroatoms. The zero-order chi connectivity index (χ0) is 21.1. The summed E-state index contributed by atoms with van der Waals surface area (Å²) in [5.74, 6) is 0.685. The SMILES string of the molecule is Cn1c(=O)c2c(nc(NCCO)n2C[C@H](O)COc2ccccc2Cl)n(C)c1=O. The van der Waals surface area contributed by atoms with E-state index in [1.165, 1.54) is 23.2 Å². The van der Waals surface area contributed by atoms with Gasteiger partial charge in [0.25, 0.3) is 5.56 Å². The van der Waals surface area contributed by atoms with E-state index in [1.807, 2.05) is 0 Å². The van der Waals surface area contributed by atoms with Gasteiger partial charge in [-0.2, -0.15) is 4.98 Å². The molecule has 0 saturated carbocycles. The normalized spacial score (nSPS) is 12.3. The Balaban J connectivity index is 1.95. The highest BCUT2D eigenvalue weighted by Crippen LogP contribution is 2.23. The summed E-state index contributed by atoms with van der Waals surface area (Å²) in [5.41, 5.74) is -0.708. The van der Waals surface area contributed by atoms with Crippen molar-refractivity contribution in [3.8, 4) is 5.75 Å². The van der Waals surface area contributed by atoms with Crippen LogP contribution in [0.25, 0.3) is 11.2 Å². The lowest BCUT2D eigenvalue weighted by molar-refractivity contribution is 0.0938. The molecule has 2 aromatic heterocycles. The van der Waals surface area contributed by atoms with E-state index in [0.29, 0.717) is 10.8 Å². The average Bonchev–Trinajstić information content (AvgIpc) is 3.06. The number of nitrogens with zero attached hydrogens (tertiary/aromatic N) is 4. The standard InChI is InChI=1S/C18H22ClN5O5/c1-22-15-14(16(27)23(2)18(22)28)24(17(21-15)20-7-8-25)9-11(26)10-29-13-6-4-3-5-12(13)19/h3-6,11,25-26H,7-10H2,1-2H3,(H,20,21)/t11-/m0/s1. The van der Waals surface area contributed by atoms with E-state index in [2.05, 4.69) is 10.3 Å². The number of aliphatic hydroxyl groups excluding tert-OH is 2. The molecule has 1 aromatic carbocycles. The number of aliphatic hydroxyl groups is 2. The van der Waals surface area contributed by atoms with Crippen molar-refractivity contribution in [1.82, 2.24) is 18.7 Å². The van der Waals surface area contributed by atoms with Crippen LogP contribution in [-0.4, -0.2) is 54.8 Å². The first kappa shape index (κ1) is 20.9. The van der Waals surface area contributed by atoms with Crippen LogP contribution >= 0.6 is 11.6 Å². The number of anilines is 1. The zero-order valence-corrected chi connectivity index (χ0v) is 16.8. The molecule has 2 heterocycles. The second kappa shape index (κ2) is 8.68. The summed E-state index contributed by atoms with van der Waals surface area (Å²) < 4.78 is 9.27. The Bertz CT molecular complexity index is 1140. The molecule has 10 nitrogen and oxygen atoms in total. The number of fused-ring (bicyclic) bond motifs is 1. The van der Waals surface area contributed by atoms with Crippen LogP contribution in [0.2, 0.25) is 5.02 Å². The molecule has 0 unspecified atom stereocenters. The van der Waals surface area contributed by atoms with Crippen LogP contribution in [0.3, 0.4) is 0 Å². The van der Waals surface area contributed by atoms with E-state index < -0.39 is 17.4 Å². The maximum Gasteiger partial charge on any atom is 0.332 e. The number of rotatable bonds is 8. The van der Waals surface area contributed by atoms with Gasteiger partial charge in [-0.15, -0.1) is 0 Å². The van der Waals surface area contributed by atoms with Crippen LogP contribution in [0, 0.1) is 0 Å². The van der Waals surface area contributed by atoms with Crippen LogP contribution in [0.5, 0.6) is 5.75 Å². The Labute approximate surface area is 170 Å². The summed E-state index contributed by atoms with van der Waals surface area (Å²) in [6, 6.07) is 6.88. The van der Waals surface area contributed by atoms with E-state index in [4.69, 9.17) is 21.4 Å². The van der Waals surface area contributed by atoms with Gasteiger partial charge >= 0.3 is 5.69 Å². The Morgan fingerprint density at radius 1 is 1.24 bits per heavy atom. The number of imidazole rings is 1. The maximum absolute atomic E-state index is 12.7. The fourth-order valence-electron chi connectivity index (χ4n) is 2.94. The number of ether oxygens (including phenoxy) is 1. The first-order valence-electron chi connectivity index (χ1n) is 8.91. The minimum Gasteiger partial charge on any atom is -0.489 e. The smallest absolute Gasteiger partial charge is 0.332 e. The third kappa shape index (κ3) is 4.14. The van der Waals surface area contributed by atoms with Crippen molar-refractivity contribution in [1.29, 1.82) is 0 Å². The molecule has 0 aliphatic rings. The molecule has 1 atom stereocenters. The van der Waals surface area contributed by atoms with Gasteiger partial charge in [0, 0.05) is 20.6 Å². The Kier molecular flexibility index (Phi) is 6.26. The molecule has 0 saturated heterocycles. The number of hydrogen-bond acceptors (Lipinski definition) is 7. The average molecular weight is 424 g/mol. The van der Waals surface area contributed by atoms with Gasteiger partial charge in [0.05, 0.1) is 18.2 Å². The lowest BCUT2D eigenvalue weighted by Crippen LogP contribution is -2.38. The molecule has 0 spiro atoms. The van der Waals surface area contributed by atoms with Crippen LogP contribution in [0.1, 0.15) is 0 Å². The second-order valence-electron chi connectivity index (χ2n) is 6.47. The van der Waals surface area contributed by atoms with Gasteiger partial charge in [-0.05, 0) is 12.1 Å². The summed E-state index contributed by atoms with van der Waals surface area (Å²) in [7, 11) is 2.88. The molecular weight excluding hydrogens is 402 g/mol. The van der Waals surface area contributed by atoms with Crippen molar-refractivity contribution >= 4 is 28.7 Å². The quantitative estimate of drug-likeness (QED) is 0.463. The predicted molar refractivity (Wildman–Crippen MR) is 109 cm³/mol. The van der Waals surface area contributed by atoms with Gasteiger partial charge < -0.3 is 24.8 Å². The molecule has 0 bridgehead atoms. The van der Waals surface area contributed by atoms with Gasteiger partial charge in [0.1, 0.15) is 18.5 Å². The van der Waals surface area contributed by atoms with E-state index in [1.54, 1.807) is 24.3 Å². The second-order valence-corrected chi connectivity index (χ2v) is 6.88. The highest BCUT2D eigenvalue weighted by atomic mass is 35.5. The summed E-state index contributed by atoms with van der Waals surface area (Å²) in [6.45, 7) is -0.0702. The van der Waals surface area contributed by atoms with E-state index in [9.17, 15) is 14.7 Å². The monoisotopic (exact) mass is 423 g/mol. The summed E-state index contributed by atoms with van der Waals surface area (Å²) in [5, 5.41) is 22.9. The number of aromatic nitrogens is 4. The molecule has 3 aromatic rings. The molecule has 0 aliphatic carbocycles. The minimum absolute atomic E-state index is 0.0256. The molecule has 0 amide bonds. The highest BCUT2D eigenvalue weighted by molar-refractivity contribution is 6.32. The molecule has 0 aliphatic heterocycles. The van der Waals surface area contributed by atoms with Gasteiger partial charge in [-0.1, -0.05) is 23.7 Å². The number of aryl methyl sites for hydroxylation is 1. The predicted octanol–water partition coefficient (Wildman–Crippen LogP) is -0.0688. The number of nitrogens with one attached hydrogen (secondary N) is 1. The molecule has 0 fully saturated rings. The Hall–Kier alpha value is -2.82. The fourth-order valence-corrected chi connectivity index (χ4v) is 3.13. The molecule has 29 heavy (non-hydrogen) atoms. The van der Waals surface area contributed by atoms with Crippen molar-refractivity contribution in [3.63, 3.8) is 0 Å². The first-order chi connectivity index (χ1) is 13.8. The lowest BCUT2D eigenvalue weighted by atomic mass is 10.3. The third-order valence-electron chi connectivity index (χ3n) is 4.40. The van der Waals surface area contributed by atoms with Gasteiger partial charge in [-0.3, -0.25) is 13.9 Å². The van der Waals surface area contributed by atoms with Gasteiger partial charge in [0.2, 0.25) is 5.95 Å². The number of benzene rings is 1. The zero-order valence-electron chi connectivity index (χ0n) is 16.0. The first-order valence-corrected chi connectivity index (χ1v) is 9.29. The topological polar surface area (TPSA) is 124 Å². The van der Waals surface area contributed by atoms with Crippen molar-refractivity contribution in [3.05, 3.63) is 50.1 Å². The fraction of sp³-hybridized carbons (Fsp3) is 0.389. The number of halogens is 1. The van der Waals surface area contributed by atoms with E-state index >= 15 is 0 Å². The van der Waals surface area contributed by atoms with Crippen molar-refractivity contribution in [2.75, 3.05) is 25.1 Å². The lowest BCUT2D eigenvalue weighted by Gasteiger charge is -2.16. The Morgan fingerprint density at radius 2 is 1.97 bits per heavy atom. The molecule has 3 N–H and O–H groups in total. The van der Waals surface area contributed by atoms with Crippen LogP contribution in [-0.2, 0) is 20.6 Å². The maximum atomic E-state index is 12.7. The van der Waals surface area contributed by atoms with Crippen molar-refractivity contribution in [2.45, 2.75) is 12.6 Å². The molecule has 0 radical (unpaired) electrons. The van der Waals surface area contributed by atoms with Crippen molar-refractivity contribution < 1.29 is 14.9 Å². The van der Waals surface area contributed by atoms with Gasteiger partial charge in [0.15, 0.2) is 11.2 Å². The summed E-state index contributed by atoms with van der Waals surface area (Å²) >= 11 is 6.05. The van der Waals surface area contributed by atoms with Crippen molar-refractivity contribution in [2.24, 2.45) is 14.1 Å². The number of hydrogen-bond donors (Lipinski definition) is 3. The number of para-hydroxylation sites is 1. The van der Waals surface area contributed by atoms with Crippen LogP contribution in [0.15, 0.2) is 33.9 Å². The third-order valence-corrected chi connectivity index (χ3v) is 4.72. The molecular formula is C18H22ClN5O5. The van der Waals surface area contributed by atoms with Gasteiger partial charge in [-0.25, -0.2) is 4.79 Å². The van der Waals surface area contributed by atoms with E-state index in [-0.39, 0.29) is 43.4 Å². The highest BCUT2D eigenvalue weighted by Gasteiger charge is 2.21. The molecule has 3 rings (SSSR count).